The topological polar surface area (TPSA) is 60.7 Å². The lowest BCUT2D eigenvalue weighted by atomic mass is 10.1. The van der Waals surface area contributed by atoms with Gasteiger partial charge in [0.25, 0.3) is 0 Å². The molecule has 0 amide bonds. The van der Waals surface area contributed by atoms with Crippen molar-refractivity contribution in [2.45, 2.75) is 19.7 Å². The van der Waals surface area contributed by atoms with E-state index in [1.165, 1.54) is 12.7 Å². The van der Waals surface area contributed by atoms with Crippen molar-refractivity contribution in [1.29, 1.82) is 0 Å². The maximum Gasteiger partial charge on any atom is 0.373 e. The molecule has 21 heavy (non-hydrogen) atoms. The molecule has 0 saturated heterocycles. The second-order valence-corrected chi connectivity index (χ2v) is 4.56. The quantitative estimate of drug-likeness (QED) is 0.794. The van der Waals surface area contributed by atoms with E-state index in [2.05, 4.69) is 16.1 Å². The van der Waals surface area contributed by atoms with Gasteiger partial charge in [-0.15, -0.1) is 0 Å². The van der Waals surface area contributed by atoms with E-state index in [1.54, 1.807) is 19.2 Å². The number of furan rings is 1. The summed E-state index contributed by atoms with van der Waals surface area (Å²) < 4.78 is 15.2. The van der Waals surface area contributed by atoms with Crippen molar-refractivity contribution in [2.24, 2.45) is 0 Å². The lowest BCUT2D eigenvalue weighted by Crippen LogP contribution is -2.13. The fourth-order valence-electron chi connectivity index (χ4n) is 2.03. The van der Waals surface area contributed by atoms with Crippen LogP contribution in [0.2, 0.25) is 0 Å². The summed E-state index contributed by atoms with van der Waals surface area (Å²) in [7, 11) is 3.01. The molecule has 0 unspecified atom stereocenters. The Morgan fingerprint density at radius 1 is 1.10 bits per heavy atom. The molecule has 5 nitrogen and oxygen atoms in total. The molecule has 2 rings (SSSR count). The number of nitrogens with one attached hydrogen (secondary N) is 1. The molecule has 0 atom stereocenters. The van der Waals surface area contributed by atoms with Gasteiger partial charge in [-0.3, -0.25) is 0 Å². The van der Waals surface area contributed by atoms with Crippen molar-refractivity contribution in [3.8, 4) is 0 Å². The molecule has 0 radical (unpaired) electrons. The van der Waals surface area contributed by atoms with Gasteiger partial charge in [-0.1, -0.05) is 24.3 Å². The number of benzene rings is 1. The first kappa shape index (κ1) is 15.3. The lowest BCUT2D eigenvalue weighted by molar-refractivity contribution is 0.0563. The van der Waals surface area contributed by atoms with Crippen molar-refractivity contribution in [2.75, 3.05) is 14.2 Å². The maximum atomic E-state index is 11.3. The molecule has 0 saturated carbocycles. The summed E-state index contributed by atoms with van der Waals surface area (Å²) in [6.45, 7) is 1.83. The second-order valence-electron chi connectivity index (χ2n) is 4.56. The van der Waals surface area contributed by atoms with Crippen LogP contribution in [0.25, 0.3) is 0 Å². The highest BCUT2D eigenvalue weighted by atomic mass is 16.5. The Kier molecular flexibility index (Phi) is 5.54. The molecule has 1 aromatic heterocycles. The summed E-state index contributed by atoms with van der Waals surface area (Å²) in [6, 6.07) is 11.5. The summed E-state index contributed by atoms with van der Waals surface area (Å²) in [4.78, 5) is 11.3. The van der Waals surface area contributed by atoms with Gasteiger partial charge in [-0.05, 0) is 23.3 Å². The van der Waals surface area contributed by atoms with E-state index in [0.717, 1.165) is 5.56 Å². The summed E-state index contributed by atoms with van der Waals surface area (Å²) >= 11 is 0. The number of hydrogen-bond acceptors (Lipinski definition) is 5. The molecular weight excluding hydrogens is 270 g/mol. The standard InChI is InChI=1S/C16H19NO4/c1-19-11-13-6-4-3-5-12(13)9-17-10-14-7-8-15(21-14)16(18)20-2/h3-8,17H,9-11H2,1-2H3. The van der Waals surface area contributed by atoms with E-state index in [-0.39, 0.29) is 5.76 Å². The van der Waals surface area contributed by atoms with E-state index in [4.69, 9.17) is 9.15 Å². The first-order chi connectivity index (χ1) is 10.2. The SMILES string of the molecule is COCc1ccccc1CNCc1ccc(C(=O)OC)o1. The van der Waals surface area contributed by atoms with Gasteiger partial charge < -0.3 is 19.2 Å². The van der Waals surface area contributed by atoms with Crippen molar-refractivity contribution >= 4 is 5.97 Å². The third-order valence-electron chi connectivity index (χ3n) is 3.08. The van der Waals surface area contributed by atoms with Crippen LogP contribution in [0.15, 0.2) is 40.8 Å². The van der Waals surface area contributed by atoms with Crippen molar-refractivity contribution in [3.63, 3.8) is 0 Å². The summed E-state index contributed by atoms with van der Waals surface area (Å²) in [5, 5.41) is 3.29. The molecule has 112 valence electrons. The van der Waals surface area contributed by atoms with Gasteiger partial charge in [0, 0.05) is 13.7 Å². The molecule has 1 heterocycles. The minimum absolute atomic E-state index is 0.217. The smallest absolute Gasteiger partial charge is 0.373 e. The normalized spacial score (nSPS) is 10.6. The third kappa shape index (κ3) is 4.18. The van der Waals surface area contributed by atoms with Crippen LogP contribution in [0.1, 0.15) is 27.4 Å². The van der Waals surface area contributed by atoms with E-state index >= 15 is 0 Å². The molecule has 5 heteroatoms. The van der Waals surface area contributed by atoms with Crippen LogP contribution in [-0.4, -0.2) is 20.2 Å². The Balaban J connectivity index is 1.89. The van der Waals surface area contributed by atoms with Gasteiger partial charge in [0.2, 0.25) is 5.76 Å². The minimum Gasteiger partial charge on any atom is -0.463 e. The molecular formula is C16H19NO4. The average Bonchev–Trinajstić information content (AvgIpc) is 2.97. The Labute approximate surface area is 123 Å². The average molecular weight is 289 g/mol. The molecule has 0 fully saturated rings. The second kappa shape index (κ2) is 7.61. The minimum atomic E-state index is -0.466. The molecule has 1 N–H and O–H groups in total. The van der Waals surface area contributed by atoms with Gasteiger partial charge in [0.1, 0.15) is 5.76 Å². The fraction of sp³-hybridized carbons (Fsp3) is 0.312. The first-order valence-electron chi connectivity index (χ1n) is 6.68. The van der Waals surface area contributed by atoms with E-state index < -0.39 is 5.97 Å². The van der Waals surface area contributed by atoms with Crippen LogP contribution in [0.5, 0.6) is 0 Å². The molecule has 0 spiro atoms. The first-order valence-corrected chi connectivity index (χ1v) is 6.68. The summed E-state index contributed by atoms with van der Waals surface area (Å²) in [5.41, 5.74) is 2.33. The maximum absolute atomic E-state index is 11.3. The van der Waals surface area contributed by atoms with Crippen LogP contribution in [0.4, 0.5) is 0 Å². The van der Waals surface area contributed by atoms with Gasteiger partial charge in [-0.2, -0.15) is 0 Å². The molecule has 2 aromatic rings. The van der Waals surface area contributed by atoms with Gasteiger partial charge in [-0.25, -0.2) is 4.79 Å². The zero-order chi connectivity index (χ0) is 15.1. The van der Waals surface area contributed by atoms with E-state index in [0.29, 0.717) is 25.5 Å². The van der Waals surface area contributed by atoms with Gasteiger partial charge in [0.05, 0.1) is 20.3 Å². The number of carbonyl (C=O) groups excluding carboxylic acids is 1. The highest BCUT2D eigenvalue weighted by Crippen LogP contribution is 2.11. The highest BCUT2D eigenvalue weighted by Gasteiger charge is 2.10. The number of hydrogen-bond donors (Lipinski definition) is 1. The predicted molar refractivity (Wildman–Crippen MR) is 77.7 cm³/mol. The van der Waals surface area contributed by atoms with Gasteiger partial charge >= 0.3 is 5.97 Å². The monoisotopic (exact) mass is 289 g/mol. The Morgan fingerprint density at radius 3 is 2.57 bits per heavy atom. The van der Waals surface area contributed by atoms with Crippen LogP contribution in [0.3, 0.4) is 0 Å². The van der Waals surface area contributed by atoms with Gasteiger partial charge in [0.15, 0.2) is 0 Å². The van der Waals surface area contributed by atoms with Crippen molar-refractivity contribution in [3.05, 3.63) is 59.0 Å². The van der Waals surface area contributed by atoms with Crippen LogP contribution >= 0.6 is 0 Å². The summed E-state index contributed by atoms with van der Waals surface area (Å²) in [5.74, 6) is 0.445. The van der Waals surface area contributed by atoms with Crippen molar-refractivity contribution < 1.29 is 18.7 Å². The Bertz CT molecular complexity index is 591. The largest absolute Gasteiger partial charge is 0.463 e. The molecule has 1 aromatic carbocycles. The van der Waals surface area contributed by atoms with E-state index in [9.17, 15) is 4.79 Å². The molecule has 0 aliphatic heterocycles. The molecule has 0 bridgehead atoms. The molecule has 0 aliphatic carbocycles. The van der Waals surface area contributed by atoms with Crippen LogP contribution < -0.4 is 5.32 Å². The number of methoxy groups -OCH3 is 2. The number of carbonyl (C=O) groups is 1. The van der Waals surface area contributed by atoms with Crippen LogP contribution in [0, 0.1) is 0 Å². The highest BCUT2D eigenvalue weighted by molar-refractivity contribution is 5.86. The Hall–Kier alpha value is -2.11. The zero-order valence-electron chi connectivity index (χ0n) is 12.2. The number of esters is 1. The number of ether oxygens (including phenoxy) is 2. The number of rotatable bonds is 7. The lowest BCUT2D eigenvalue weighted by Gasteiger charge is -2.09. The molecule has 0 aliphatic rings. The van der Waals surface area contributed by atoms with Crippen LogP contribution in [-0.2, 0) is 29.2 Å². The fourth-order valence-corrected chi connectivity index (χ4v) is 2.03. The summed E-state index contributed by atoms with van der Waals surface area (Å²) in [6.07, 6.45) is 0. The Morgan fingerprint density at radius 2 is 1.86 bits per heavy atom. The zero-order valence-corrected chi connectivity index (χ0v) is 12.2. The third-order valence-corrected chi connectivity index (χ3v) is 3.08. The van der Waals surface area contributed by atoms with Crippen molar-refractivity contribution in [1.82, 2.24) is 5.32 Å². The predicted octanol–water partition coefficient (Wildman–Crippen LogP) is 2.50. The van der Waals surface area contributed by atoms with E-state index in [1.807, 2.05) is 18.2 Å².